The number of ether oxygens (including phenoxy) is 3. The number of nitrogens with zero attached hydrogens (tertiary/aromatic N) is 1. The summed E-state index contributed by atoms with van der Waals surface area (Å²) < 4.78 is 49.3. The van der Waals surface area contributed by atoms with Gasteiger partial charge in [0, 0.05) is 17.6 Å². The molecule has 0 radical (unpaired) electrons. The van der Waals surface area contributed by atoms with Crippen molar-refractivity contribution >= 4 is 16.4 Å². The molecular weight excluding hydrogens is 598 g/mol. The molecule has 3 aliphatic rings. The van der Waals surface area contributed by atoms with Crippen molar-refractivity contribution in [3.05, 3.63) is 95.1 Å². The third-order valence-electron chi connectivity index (χ3n) is 8.60. The largest absolute Gasteiger partial charge is 0.495 e. The highest BCUT2D eigenvalue weighted by Gasteiger charge is 2.39. The Kier molecular flexibility index (Phi) is 11.3. The van der Waals surface area contributed by atoms with E-state index in [0.717, 1.165) is 24.2 Å². The maximum absolute atomic E-state index is 11.1. The van der Waals surface area contributed by atoms with Crippen molar-refractivity contribution in [2.45, 2.75) is 82.3 Å². The molecule has 10 nitrogen and oxygen atoms in total. The molecule has 2 fully saturated rings. The average molecular weight is 642 g/mol. The number of piperidine rings is 1. The summed E-state index contributed by atoms with van der Waals surface area (Å²) in [5, 5.41) is 9.08. The van der Waals surface area contributed by atoms with E-state index in [4.69, 9.17) is 36.8 Å². The Bertz CT molecular complexity index is 1470. The third kappa shape index (κ3) is 9.51. The number of hydrogen-bond acceptors (Lipinski definition) is 7. The molecule has 244 valence electrons. The first kappa shape index (κ1) is 34.4. The van der Waals surface area contributed by atoms with Crippen molar-refractivity contribution in [2.75, 3.05) is 14.2 Å². The molecular formula is C34H43NO9S. The highest BCUT2D eigenvalue weighted by atomic mass is 32.3. The lowest BCUT2D eigenvalue weighted by Gasteiger charge is -2.38. The summed E-state index contributed by atoms with van der Waals surface area (Å²) in [5.41, 5.74) is 3.35. The summed E-state index contributed by atoms with van der Waals surface area (Å²) in [4.78, 5) is 13.6. The first-order chi connectivity index (χ1) is 21.3. The van der Waals surface area contributed by atoms with Crippen LogP contribution in [0, 0.1) is 0 Å². The zero-order valence-electron chi connectivity index (χ0n) is 26.1. The number of fused-ring (bicyclic) bond motifs is 3. The summed E-state index contributed by atoms with van der Waals surface area (Å²) in [7, 11) is -0.897. The van der Waals surface area contributed by atoms with Crippen molar-refractivity contribution in [1.82, 2.24) is 4.90 Å². The van der Waals surface area contributed by atoms with Crippen molar-refractivity contribution in [3.8, 4) is 11.5 Å². The summed E-state index contributed by atoms with van der Waals surface area (Å²) in [5.74, 6) is 0.170. The molecule has 11 heteroatoms. The normalized spacial score (nSPS) is 21.7. The number of benzene rings is 3. The molecule has 3 aromatic rings. The molecule has 2 unspecified atom stereocenters. The van der Waals surface area contributed by atoms with Crippen LogP contribution in [0.1, 0.15) is 79.1 Å². The zero-order valence-corrected chi connectivity index (χ0v) is 26.9. The van der Waals surface area contributed by atoms with E-state index in [1.807, 2.05) is 13.8 Å². The number of aromatic carboxylic acids is 1. The second kappa shape index (κ2) is 14.7. The maximum atomic E-state index is 11.1. The van der Waals surface area contributed by atoms with Crippen LogP contribution in [0.15, 0.2) is 72.8 Å². The van der Waals surface area contributed by atoms with Crippen molar-refractivity contribution in [2.24, 2.45) is 0 Å². The van der Waals surface area contributed by atoms with Gasteiger partial charge in [0.15, 0.2) is 0 Å². The molecule has 0 amide bonds. The van der Waals surface area contributed by atoms with E-state index in [2.05, 4.69) is 72.6 Å². The summed E-state index contributed by atoms with van der Waals surface area (Å²) in [6.45, 7) is 4.04. The van der Waals surface area contributed by atoms with Crippen LogP contribution in [-0.2, 0) is 21.6 Å². The minimum atomic E-state index is -4.67. The highest BCUT2D eigenvalue weighted by molar-refractivity contribution is 7.79. The van der Waals surface area contributed by atoms with Gasteiger partial charge in [0.1, 0.15) is 28.8 Å². The van der Waals surface area contributed by atoms with Crippen molar-refractivity contribution < 1.29 is 41.6 Å². The summed E-state index contributed by atoms with van der Waals surface area (Å²) in [6, 6.07) is 26.0. The van der Waals surface area contributed by atoms with Crippen LogP contribution >= 0.6 is 0 Å². The van der Waals surface area contributed by atoms with Crippen LogP contribution in [0.2, 0.25) is 0 Å². The van der Waals surface area contributed by atoms with Gasteiger partial charge >= 0.3 is 16.4 Å². The van der Waals surface area contributed by atoms with Crippen LogP contribution in [0.5, 0.6) is 11.5 Å². The Balaban J connectivity index is 0.000000185. The van der Waals surface area contributed by atoms with Crippen LogP contribution in [0.25, 0.3) is 0 Å². The van der Waals surface area contributed by atoms with Crippen molar-refractivity contribution in [3.63, 3.8) is 0 Å². The first-order valence-electron chi connectivity index (χ1n) is 15.0. The fourth-order valence-corrected chi connectivity index (χ4v) is 6.39. The Hall–Kier alpha value is -3.48. The second-order valence-electron chi connectivity index (χ2n) is 12.2. The van der Waals surface area contributed by atoms with E-state index in [1.54, 1.807) is 6.07 Å². The fourth-order valence-electron chi connectivity index (χ4n) is 6.39. The molecule has 3 N–H and O–H groups in total. The number of carboxylic acids is 1. The van der Waals surface area contributed by atoms with E-state index < -0.39 is 16.4 Å². The molecule has 2 saturated heterocycles. The van der Waals surface area contributed by atoms with Crippen LogP contribution in [-0.4, -0.2) is 71.4 Å². The second-order valence-corrected chi connectivity index (χ2v) is 13.1. The molecule has 0 saturated carbocycles. The minimum Gasteiger partial charge on any atom is -0.495 e. The van der Waals surface area contributed by atoms with Gasteiger partial charge in [-0.1, -0.05) is 60.7 Å². The van der Waals surface area contributed by atoms with E-state index >= 15 is 0 Å². The quantitative estimate of drug-likeness (QED) is 0.264. The Morgan fingerprint density at radius 2 is 1.44 bits per heavy atom. The topological polar surface area (TPSA) is 143 Å². The minimum absolute atomic E-state index is 0.0465. The number of carbonyl (C=O) groups is 1. The van der Waals surface area contributed by atoms with Gasteiger partial charge in [-0.15, -0.1) is 0 Å². The third-order valence-corrected chi connectivity index (χ3v) is 8.60. The predicted octanol–water partition coefficient (Wildman–Crippen LogP) is 6.26. The number of rotatable bonds is 6. The van der Waals surface area contributed by atoms with E-state index in [0.29, 0.717) is 23.9 Å². The van der Waals surface area contributed by atoms with Crippen molar-refractivity contribution in [1.29, 1.82) is 0 Å². The Labute approximate surface area is 265 Å². The van der Waals surface area contributed by atoms with Gasteiger partial charge in [0.25, 0.3) is 0 Å². The van der Waals surface area contributed by atoms with E-state index in [9.17, 15) is 4.79 Å². The molecule has 3 aliphatic heterocycles. The fraction of sp³-hybridized carbons (Fsp3) is 0.441. The lowest BCUT2D eigenvalue weighted by Crippen LogP contribution is -2.43. The average Bonchev–Trinajstić information content (AvgIpc) is 3.18. The molecule has 2 atom stereocenters. The smallest absolute Gasteiger partial charge is 0.394 e. The van der Waals surface area contributed by atoms with E-state index in [-0.39, 0.29) is 17.3 Å². The van der Waals surface area contributed by atoms with Gasteiger partial charge in [0.2, 0.25) is 0 Å². The van der Waals surface area contributed by atoms with Gasteiger partial charge in [-0.25, -0.2) is 4.79 Å². The Morgan fingerprint density at radius 3 is 1.91 bits per heavy atom. The molecule has 0 aliphatic carbocycles. The zero-order chi connectivity index (χ0) is 32.8. The van der Waals surface area contributed by atoms with Gasteiger partial charge in [0.05, 0.1) is 13.2 Å². The standard InChI is InChI=1S/C21H25NO.C13H16O4.H2O4S/c1-22-18-12-13-19(22)15-20(14-18)23-21(16-8-4-2-5-9-16)17-10-6-3-7-11-17;1-13(2)7-6-8-10(17-13)5-4-9(12(14)15)11(8)16-3;1-5(2,3)4/h2-11,18-21H,12-15H2,1H3;4-5H,6-7H2,1-3H3,(H,14,15);(H2,1,2,3,4). The van der Waals surface area contributed by atoms with Crippen LogP contribution in [0.3, 0.4) is 0 Å². The molecule has 0 spiro atoms. The molecule has 6 rings (SSSR count). The van der Waals surface area contributed by atoms with Gasteiger partial charge in [-0.3, -0.25) is 9.11 Å². The number of methoxy groups -OCH3 is 1. The molecule has 45 heavy (non-hydrogen) atoms. The molecule has 3 heterocycles. The van der Waals surface area contributed by atoms with Gasteiger partial charge in [-0.2, -0.15) is 8.42 Å². The lowest BCUT2D eigenvalue weighted by molar-refractivity contribution is -0.0426. The predicted molar refractivity (Wildman–Crippen MR) is 171 cm³/mol. The number of hydrogen-bond donors (Lipinski definition) is 3. The van der Waals surface area contributed by atoms with E-state index in [1.165, 1.54) is 50.0 Å². The maximum Gasteiger partial charge on any atom is 0.394 e. The highest BCUT2D eigenvalue weighted by Crippen LogP contribution is 2.41. The Morgan fingerprint density at radius 1 is 0.933 bits per heavy atom. The van der Waals surface area contributed by atoms with Gasteiger partial charge in [-0.05, 0) is 82.7 Å². The molecule has 0 aromatic heterocycles. The lowest BCUT2D eigenvalue weighted by atomic mass is 9.92. The van der Waals surface area contributed by atoms with Crippen LogP contribution in [0.4, 0.5) is 0 Å². The molecule has 2 bridgehead atoms. The summed E-state index contributed by atoms with van der Waals surface area (Å²) >= 11 is 0. The number of carboxylic acid groups (broad SMARTS) is 1. The van der Waals surface area contributed by atoms with Crippen LogP contribution < -0.4 is 9.47 Å². The first-order valence-corrected chi connectivity index (χ1v) is 16.4. The molecule has 3 aromatic carbocycles. The monoisotopic (exact) mass is 641 g/mol. The van der Waals surface area contributed by atoms with Gasteiger partial charge < -0.3 is 24.2 Å². The summed E-state index contributed by atoms with van der Waals surface area (Å²) in [6.07, 6.45) is 7.04. The SMILES string of the molecule is CN1C2CCC1CC(OC(c1ccccc1)c1ccccc1)C2.COc1c(C(=O)O)ccc2c1CCC(C)(C)O2.O=S(=O)(O)O.